The molecule has 0 aliphatic carbocycles. The van der Waals surface area contributed by atoms with E-state index in [2.05, 4.69) is 97.5 Å². The van der Waals surface area contributed by atoms with Crippen LogP contribution in [0.25, 0.3) is 5.57 Å². The normalized spacial score (nSPS) is 12.2. The van der Waals surface area contributed by atoms with E-state index in [4.69, 9.17) is 0 Å². The van der Waals surface area contributed by atoms with Crippen LogP contribution in [0.2, 0.25) is 0 Å². The van der Waals surface area contributed by atoms with Crippen LogP contribution in [-0.2, 0) is 0 Å². The van der Waals surface area contributed by atoms with E-state index in [9.17, 15) is 0 Å². The first-order valence-electron chi connectivity index (χ1n) is 10.6. The van der Waals surface area contributed by atoms with Gasteiger partial charge in [-0.05, 0) is 88.2 Å². The predicted octanol–water partition coefficient (Wildman–Crippen LogP) is 7.38. The largest absolute Gasteiger partial charge is 0.336 e. The van der Waals surface area contributed by atoms with Crippen molar-refractivity contribution in [1.82, 2.24) is 19.9 Å². The highest BCUT2D eigenvalue weighted by atomic mass is 33.1. The second-order valence-electron chi connectivity index (χ2n) is 8.15. The van der Waals surface area contributed by atoms with Gasteiger partial charge in [-0.15, -0.1) is 0 Å². The number of hydrogen-bond acceptors (Lipinski definition) is 4. The Morgan fingerprint density at radius 1 is 0.844 bits per heavy atom. The van der Waals surface area contributed by atoms with Gasteiger partial charge in [-0.2, -0.15) is 0 Å². The van der Waals surface area contributed by atoms with Crippen LogP contribution in [0.3, 0.4) is 0 Å². The molecule has 0 fully saturated rings. The van der Waals surface area contributed by atoms with E-state index >= 15 is 0 Å². The summed E-state index contributed by atoms with van der Waals surface area (Å²) in [6, 6.07) is 12.8. The zero-order chi connectivity index (χ0) is 22.8. The number of aromatic nitrogens is 4. The number of hydrogen-bond donors (Lipinski definition) is 2. The molecule has 0 aliphatic heterocycles. The molecule has 4 nitrogen and oxygen atoms in total. The monoisotopic (exact) mass is 460 g/mol. The summed E-state index contributed by atoms with van der Waals surface area (Å²) in [5.74, 6) is 0.262. The zero-order valence-corrected chi connectivity index (χ0v) is 20.7. The Morgan fingerprint density at radius 2 is 1.47 bits per heavy atom. The third-order valence-electron chi connectivity index (χ3n) is 6.16. The molecule has 1 atom stereocenters. The molecule has 2 heterocycles. The molecule has 2 N–H and O–H groups in total. The molecule has 4 aromatic rings. The maximum Gasteiger partial charge on any atom is 0.177 e. The number of nitrogens with one attached hydrogen (secondary N) is 2. The molecule has 0 bridgehead atoms. The summed E-state index contributed by atoms with van der Waals surface area (Å²) in [6.45, 7) is 15.1. The average Bonchev–Trinajstić information content (AvgIpc) is 3.45. The Balaban J connectivity index is 1.43. The Bertz CT molecular complexity index is 1270. The number of rotatable bonds is 7. The number of nitrogens with zero attached hydrogens (tertiary/aromatic N) is 2. The molecule has 2 aromatic heterocycles. The second-order valence-corrected chi connectivity index (χ2v) is 10.3. The number of benzene rings is 2. The third-order valence-corrected chi connectivity index (χ3v) is 8.17. The Labute approximate surface area is 197 Å². The Kier molecular flexibility index (Phi) is 6.63. The fraction of sp³-hybridized carbons (Fsp3) is 0.231. The lowest BCUT2D eigenvalue weighted by atomic mass is 9.92. The van der Waals surface area contributed by atoms with Crippen LogP contribution < -0.4 is 0 Å². The topological polar surface area (TPSA) is 57.4 Å². The van der Waals surface area contributed by atoms with E-state index in [1.165, 1.54) is 27.8 Å². The number of imidazole rings is 2. The van der Waals surface area contributed by atoms with Gasteiger partial charge in [0, 0.05) is 17.8 Å². The third kappa shape index (κ3) is 4.57. The van der Waals surface area contributed by atoms with Gasteiger partial charge in [-0.1, -0.05) is 49.9 Å². The van der Waals surface area contributed by atoms with Crippen molar-refractivity contribution in [2.75, 3.05) is 0 Å². The molecule has 6 heteroatoms. The van der Waals surface area contributed by atoms with Gasteiger partial charge in [-0.3, -0.25) is 0 Å². The minimum absolute atomic E-state index is 0.262. The average molecular weight is 461 g/mol. The van der Waals surface area contributed by atoms with Crippen molar-refractivity contribution in [3.8, 4) is 0 Å². The molecule has 0 unspecified atom stereocenters. The van der Waals surface area contributed by atoms with Crippen LogP contribution in [0.4, 0.5) is 0 Å². The van der Waals surface area contributed by atoms with Crippen LogP contribution in [0.15, 0.2) is 65.7 Å². The minimum atomic E-state index is 0.262. The lowest BCUT2D eigenvalue weighted by Crippen LogP contribution is -2.00. The molecule has 164 valence electrons. The predicted molar refractivity (Wildman–Crippen MR) is 136 cm³/mol. The van der Waals surface area contributed by atoms with Crippen molar-refractivity contribution in [3.63, 3.8) is 0 Å². The van der Waals surface area contributed by atoms with E-state index in [1.807, 2.05) is 12.4 Å². The van der Waals surface area contributed by atoms with E-state index in [-0.39, 0.29) is 5.92 Å². The van der Waals surface area contributed by atoms with Crippen molar-refractivity contribution in [2.24, 2.45) is 0 Å². The van der Waals surface area contributed by atoms with Crippen molar-refractivity contribution >= 4 is 27.2 Å². The van der Waals surface area contributed by atoms with Gasteiger partial charge in [-0.25, -0.2) is 9.97 Å². The molecule has 0 radical (unpaired) electrons. The fourth-order valence-corrected chi connectivity index (χ4v) is 5.43. The van der Waals surface area contributed by atoms with Gasteiger partial charge >= 0.3 is 0 Å². The maximum atomic E-state index is 4.57. The minimum Gasteiger partial charge on any atom is -0.336 e. The first-order valence-corrected chi connectivity index (χ1v) is 12.8. The fourth-order valence-electron chi connectivity index (χ4n) is 3.79. The van der Waals surface area contributed by atoms with Crippen molar-refractivity contribution < 1.29 is 0 Å². The zero-order valence-electron chi connectivity index (χ0n) is 19.1. The highest BCUT2D eigenvalue weighted by molar-refractivity contribution is 8.76. The molecular weight excluding hydrogens is 432 g/mol. The quantitative estimate of drug-likeness (QED) is 0.283. The molecule has 4 rings (SSSR count). The van der Waals surface area contributed by atoms with E-state index in [0.717, 1.165) is 32.8 Å². The number of H-pyrrole nitrogens is 2. The SMILES string of the molecule is C=C(c1cnc(SSc2ncc([C@@H](C)c3cccc(C)c3C)[nH]2)[nH]1)c1cccc(C)c1C. The standard InChI is InChI=1S/C26H28N4S2/c1-15-9-7-11-21(17(15)3)19(5)23-13-27-25(29-23)31-32-26-28-14-24(30-26)20(6)22-12-8-10-16(2)18(22)4/h7-14,20H,5H2,1-4,6H3,(H,27,29)(H,28,30)/t20-/m0/s1. The summed E-state index contributed by atoms with van der Waals surface area (Å²) in [7, 11) is 3.12. The molecule has 0 aliphatic rings. The molecular formula is C26H28N4S2. The van der Waals surface area contributed by atoms with Crippen LogP contribution >= 0.6 is 21.6 Å². The summed E-state index contributed by atoms with van der Waals surface area (Å²) < 4.78 is 0. The highest BCUT2D eigenvalue weighted by Gasteiger charge is 2.16. The summed E-state index contributed by atoms with van der Waals surface area (Å²) >= 11 is 0. The second kappa shape index (κ2) is 9.43. The van der Waals surface area contributed by atoms with E-state index < -0.39 is 0 Å². The van der Waals surface area contributed by atoms with Gasteiger partial charge in [0.25, 0.3) is 0 Å². The summed E-state index contributed by atoms with van der Waals surface area (Å²) in [5.41, 5.74) is 10.6. The highest BCUT2D eigenvalue weighted by Crippen LogP contribution is 2.36. The van der Waals surface area contributed by atoms with Gasteiger partial charge < -0.3 is 9.97 Å². The lowest BCUT2D eigenvalue weighted by molar-refractivity contribution is 0.857. The van der Waals surface area contributed by atoms with Crippen molar-refractivity contribution in [1.29, 1.82) is 0 Å². The van der Waals surface area contributed by atoms with Crippen LogP contribution in [0, 0.1) is 27.7 Å². The molecule has 0 saturated carbocycles. The van der Waals surface area contributed by atoms with E-state index in [1.54, 1.807) is 21.6 Å². The molecule has 2 aromatic carbocycles. The van der Waals surface area contributed by atoms with Crippen LogP contribution in [-0.4, -0.2) is 19.9 Å². The lowest BCUT2D eigenvalue weighted by Gasteiger charge is -2.14. The molecule has 0 amide bonds. The number of aryl methyl sites for hydroxylation is 2. The van der Waals surface area contributed by atoms with Crippen molar-refractivity contribution in [2.45, 2.75) is 50.8 Å². The first-order chi connectivity index (χ1) is 15.3. The first kappa shape index (κ1) is 22.5. The molecule has 0 spiro atoms. The van der Waals surface area contributed by atoms with Crippen LogP contribution in [0.5, 0.6) is 0 Å². The smallest absolute Gasteiger partial charge is 0.177 e. The molecule has 0 saturated heterocycles. The van der Waals surface area contributed by atoms with E-state index in [0.29, 0.717) is 0 Å². The Morgan fingerprint density at radius 3 is 2.22 bits per heavy atom. The van der Waals surface area contributed by atoms with Gasteiger partial charge in [0.2, 0.25) is 0 Å². The summed E-state index contributed by atoms with van der Waals surface area (Å²) in [6.07, 6.45) is 3.79. The van der Waals surface area contributed by atoms with Gasteiger partial charge in [0.1, 0.15) is 0 Å². The Hall–Kier alpha value is -2.70. The van der Waals surface area contributed by atoms with Gasteiger partial charge in [0.15, 0.2) is 10.3 Å². The molecule has 32 heavy (non-hydrogen) atoms. The number of aromatic amines is 2. The van der Waals surface area contributed by atoms with Gasteiger partial charge in [0.05, 0.1) is 11.9 Å². The summed E-state index contributed by atoms with van der Waals surface area (Å²) in [5, 5.41) is 1.70. The summed E-state index contributed by atoms with van der Waals surface area (Å²) in [4.78, 5) is 15.9. The van der Waals surface area contributed by atoms with Crippen molar-refractivity contribution in [3.05, 3.63) is 100 Å². The maximum absolute atomic E-state index is 4.57. The van der Waals surface area contributed by atoms with Crippen LogP contribution in [0.1, 0.15) is 57.6 Å².